The Kier molecular flexibility index (Phi) is 3.66. The van der Waals surface area contributed by atoms with Gasteiger partial charge in [-0.15, -0.1) is 0 Å². The van der Waals surface area contributed by atoms with Crippen LogP contribution in [0.25, 0.3) is 11.1 Å². The molecule has 1 aliphatic carbocycles. The van der Waals surface area contributed by atoms with Crippen molar-refractivity contribution >= 4 is 17.3 Å². The Morgan fingerprint density at radius 1 is 1.10 bits per heavy atom. The number of benzene rings is 2. The van der Waals surface area contributed by atoms with Crippen molar-refractivity contribution in [1.29, 1.82) is 0 Å². The van der Waals surface area contributed by atoms with Crippen molar-refractivity contribution in [3.63, 3.8) is 0 Å². The average molecular weight is 298 g/mol. The zero-order valence-corrected chi connectivity index (χ0v) is 12.9. The molecule has 0 radical (unpaired) electrons. The molecular weight excluding hydrogens is 280 g/mol. The van der Waals surface area contributed by atoms with Gasteiger partial charge in [0.2, 0.25) is 0 Å². The van der Waals surface area contributed by atoms with E-state index in [4.69, 9.17) is 12.2 Å². The van der Waals surface area contributed by atoms with Crippen LogP contribution in [0.4, 0.5) is 0 Å². The second-order valence-electron chi connectivity index (χ2n) is 5.29. The minimum atomic E-state index is -0.144. The second-order valence-corrected chi connectivity index (χ2v) is 5.68. The van der Waals surface area contributed by atoms with Gasteiger partial charge in [-0.25, -0.2) is 5.06 Å². The van der Waals surface area contributed by atoms with Crippen LogP contribution in [0, 0.1) is 0 Å². The van der Waals surface area contributed by atoms with E-state index in [1.165, 1.54) is 22.3 Å². The van der Waals surface area contributed by atoms with Gasteiger partial charge in [-0.2, -0.15) is 0 Å². The van der Waals surface area contributed by atoms with Gasteiger partial charge in [-0.3, -0.25) is 5.21 Å². The molecule has 3 nitrogen and oxygen atoms in total. The summed E-state index contributed by atoms with van der Waals surface area (Å²) in [6, 6.07) is 16.6. The van der Waals surface area contributed by atoms with E-state index in [1.807, 2.05) is 19.1 Å². The van der Waals surface area contributed by atoms with E-state index in [-0.39, 0.29) is 12.0 Å². The summed E-state index contributed by atoms with van der Waals surface area (Å²) in [5.41, 5.74) is 4.97. The molecule has 0 saturated heterocycles. The molecule has 2 aromatic carbocycles. The van der Waals surface area contributed by atoms with Gasteiger partial charge >= 0.3 is 0 Å². The Balaban J connectivity index is 2.08. The molecule has 0 fully saturated rings. The number of thiocarbonyl (C=S) groups is 1. The summed E-state index contributed by atoms with van der Waals surface area (Å²) in [6.45, 7) is 1.99. The van der Waals surface area contributed by atoms with E-state index in [1.54, 1.807) is 7.05 Å². The number of hydrogen-bond acceptors (Lipinski definition) is 2. The average Bonchev–Trinajstić information content (AvgIpc) is 2.87. The van der Waals surface area contributed by atoms with Crippen LogP contribution < -0.4 is 5.32 Å². The fourth-order valence-corrected chi connectivity index (χ4v) is 3.32. The maximum atomic E-state index is 10.3. The van der Waals surface area contributed by atoms with Crippen LogP contribution >= 0.6 is 12.2 Å². The van der Waals surface area contributed by atoms with E-state index in [9.17, 15) is 5.21 Å². The third-order valence-electron chi connectivity index (χ3n) is 4.17. The van der Waals surface area contributed by atoms with Crippen LogP contribution in [0.3, 0.4) is 0 Å². The molecule has 0 aromatic heterocycles. The van der Waals surface area contributed by atoms with E-state index >= 15 is 0 Å². The first-order valence-corrected chi connectivity index (χ1v) is 7.44. The SMILES string of the molecule is CNC(=S)N(O)C(C)C1c2ccccc2-c2ccccc21. The lowest BCUT2D eigenvalue weighted by Gasteiger charge is -2.30. The van der Waals surface area contributed by atoms with Gasteiger partial charge in [0.05, 0.1) is 6.04 Å². The second kappa shape index (κ2) is 5.47. The highest BCUT2D eigenvalue weighted by Crippen LogP contribution is 2.46. The first kappa shape index (κ1) is 14.0. The van der Waals surface area contributed by atoms with Gasteiger partial charge in [0.1, 0.15) is 0 Å². The highest BCUT2D eigenvalue weighted by molar-refractivity contribution is 7.80. The summed E-state index contributed by atoms with van der Waals surface area (Å²) >= 11 is 5.15. The van der Waals surface area contributed by atoms with E-state index in [2.05, 4.69) is 41.7 Å². The van der Waals surface area contributed by atoms with Gasteiger partial charge in [-0.05, 0) is 41.4 Å². The molecular formula is C17H18N2OS. The van der Waals surface area contributed by atoms with E-state index in [0.717, 1.165) is 5.06 Å². The molecule has 108 valence electrons. The molecule has 0 amide bonds. The molecule has 1 atom stereocenters. The maximum Gasteiger partial charge on any atom is 0.193 e. The lowest BCUT2D eigenvalue weighted by molar-refractivity contribution is -0.0524. The lowest BCUT2D eigenvalue weighted by atomic mass is 9.90. The summed E-state index contributed by atoms with van der Waals surface area (Å²) in [5, 5.41) is 14.6. The van der Waals surface area contributed by atoms with Crippen molar-refractivity contribution in [1.82, 2.24) is 10.4 Å². The van der Waals surface area contributed by atoms with Crippen LogP contribution in [-0.2, 0) is 0 Å². The smallest absolute Gasteiger partial charge is 0.193 e. The molecule has 1 unspecified atom stereocenters. The normalized spacial score (nSPS) is 14.2. The predicted octanol–water partition coefficient (Wildman–Crippen LogP) is 3.38. The van der Waals surface area contributed by atoms with Gasteiger partial charge in [0.25, 0.3) is 0 Å². The number of rotatable bonds is 2. The minimum absolute atomic E-state index is 0.105. The van der Waals surface area contributed by atoms with Gasteiger partial charge in [-0.1, -0.05) is 48.5 Å². The summed E-state index contributed by atoms with van der Waals surface area (Å²) in [6.07, 6.45) is 0. The summed E-state index contributed by atoms with van der Waals surface area (Å²) in [7, 11) is 1.72. The number of fused-ring (bicyclic) bond motifs is 3. The van der Waals surface area contributed by atoms with E-state index in [0.29, 0.717) is 5.11 Å². The number of nitrogens with one attached hydrogen (secondary N) is 1. The summed E-state index contributed by atoms with van der Waals surface area (Å²) < 4.78 is 0. The van der Waals surface area contributed by atoms with Crippen LogP contribution in [0.15, 0.2) is 48.5 Å². The van der Waals surface area contributed by atoms with Crippen molar-refractivity contribution in [2.45, 2.75) is 18.9 Å². The fraction of sp³-hybridized carbons (Fsp3) is 0.235. The molecule has 2 aromatic rings. The zero-order chi connectivity index (χ0) is 15.0. The van der Waals surface area contributed by atoms with Crippen molar-refractivity contribution in [2.24, 2.45) is 0 Å². The Morgan fingerprint density at radius 2 is 1.57 bits per heavy atom. The van der Waals surface area contributed by atoms with Gasteiger partial charge in [0.15, 0.2) is 5.11 Å². The molecule has 2 N–H and O–H groups in total. The topological polar surface area (TPSA) is 35.5 Å². The Morgan fingerprint density at radius 3 is 2.05 bits per heavy atom. The van der Waals surface area contributed by atoms with Crippen LogP contribution in [0.5, 0.6) is 0 Å². The third-order valence-corrected chi connectivity index (χ3v) is 4.56. The summed E-state index contributed by atoms with van der Waals surface area (Å²) in [5.74, 6) is 0.105. The maximum absolute atomic E-state index is 10.3. The standard InChI is InChI=1S/C17H18N2OS/c1-11(19(20)17(21)18-2)16-14-9-5-3-7-12(14)13-8-4-6-10-15(13)16/h3-11,16,20H,1-2H3,(H,18,21). The molecule has 0 heterocycles. The van der Waals surface area contributed by atoms with Crippen molar-refractivity contribution in [3.8, 4) is 11.1 Å². The van der Waals surface area contributed by atoms with E-state index < -0.39 is 0 Å². The Bertz CT molecular complexity index is 640. The first-order chi connectivity index (χ1) is 10.1. The molecule has 21 heavy (non-hydrogen) atoms. The monoisotopic (exact) mass is 298 g/mol. The predicted molar refractivity (Wildman–Crippen MR) is 88.5 cm³/mol. The van der Waals surface area contributed by atoms with Gasteiger partial charge in [0, 0.05) is 13.0 Å². The summed E-state index contributed by atoms with van der Waals surface area (Å²) in [4.78, 5) is 0. The minimum Gasteiger partial charge on any atom is -0.364 e. The quantitative estimate of drug-likeness (QED) is 0.658. The highest BCUT2D eigenvalue weighted by Gasteiger charge is 2.35. The molecule has 0 saturated carbocycles. The lowest BCUT2D eigenvalue weighted by Crippen LogP contribution is -2.43. The van der Waals surface area contributed by atoms with Crippen molar-refractivity contribution in [2.75, 3.05) is 7.05 Å². The molecule has 0 aliphatic heterocycles. The number of hydroxylamine groups is 2. The molecule has 1 aliphatic rings. The highest BCUT2D eigenvalue weighted by atomic mass is 32.1. The third kappa shape index (κ3) is 2.20. The van der Waals surface area contributed by atoms with Crippen LogP contribution in [0.2, 0.25) is 0 Å². The molecule has 0 bridgehead atoms. The van der Waals surface area contributed by atoms with Crippen LogP contribution in [0.1, 0.15) is 24.0 Å². The van der Waals surface area contributed by atoms with Crippen molar-refractivity contribution in [3.05, 3.63) is 59.7 Å². The molecule has 0 spiro atoms. The Hall–Kier alpha value is -1.91. The number of nitrogens with zero attached hydrogens (tertiary/aromatic N) is 1. The van der Waals surface area contributed by atoms with Crippen molar-refractivity contribution < 1.29 is 5.21 Å². The Labute approximate surface area is 130 Å². The molecule has 4 heteroatoms. The molecule has 3 rings (SSSR count). The van der Waals surface area contributed by atoms with Gasteiger partial charge < -0.3 is 5.32 Å². The number of hydrogen-bond donors (Lipinski definition) is 2. The first-order valence-electron chi connectivity index (χ1n) is 7.03. The largest absolute Gasteiger partial charge is 0.364 e. The zero-order valence-electron chi connectivity index (χ0n) is 12.1. The van der Waals surface area contributed by atoms with Crippen LogP contribution in [-0.4, -0.2) is 28.5 Å². The fourth-order valence-electron chi connectivity index (χ4n) is 3.15.